The molecule has 120 valence electrons. The molecule has 23 heavy (non-hydrogen) atoms. The quantitative estimate of drug-likeness (QED) is 0.867. The zero-order valence-corrected chi connectivity index (χ0v) is 14.4. The first-order valence-corrected chi connectivity index (χ1v) is 9.37. The van der Waals surface area contributed by atoms with Gasteiger partial charge in [0.05, 0.1) is 0 Å². The first-order chi connectivity index (χ1) is 11.2. The normalized spacial score (nSPS) is 25.7. The number of aromatic nitrogens is 1. The number of halogens is 1. The van der Waals surface area contributed by atoms with Gasteiger partial charge in [0.25, 0.3) is 0 Å². The maximum Gasteiger partial charge on any atom is 0.229 e. The Kier molecular flexibility index (Phi) is 4.12. The molecule has 4 rings (SSSR count). The highest BCUT2D eigenvalue weighted by Crippen LogP contribution is 2.48. The van der Waals surface area contributed by atoms with Gasteiger partial charge in [-0.15, -0.1) is 11.3 Å². The van der Waals surface area contributed by atoms with Crippen LogP contribution in [0.3, 0.4) is 0 Å². The predicted octanol–water partition coefficient (Wildman–Crippen LogP) is 4.76. The first kappa shape index (κ1) is 15.2. The molecule has 2 aliphatic carbocycles. The highest BCUT2D eigenvalue weighted by Gasteiger charge is 2.43. The smallest absolute Gasteiger partial charge is 0.229 e. The lowest BCUT2D eigenvalue weighted by molar-refractivity contribution is -0.121. The van der Waals surface area contributed by atoms with E-state index in [4.69, 9.17) is 11.6 Å². The molecule has 1 amide bonds. The van der Waals surface area contributed by atoms with Crippen LogP contribution >= 0.6 is 22.9 Å². The Bertz CT molecular complexity index is 729. The third kappa shape index (κ3) is 3.29. The SMILES string of the molecule is O=C(Nc1ncc(Cc2cccc(Cl)c2)s1)[C@H]1C[C@H]2CC[C@H]1C2. The van der Waals surface area contributed by atoms with Crippen LogP contribution in [0.4, 0.5) is 5.13 Å². The fourth-order valence-corrected chi connectivity index (χ4v) is 5.12. The molecule has 2 fully saturated rings. The summed E-state index contributed by atoms with van der Waals surface area (Å²) in [5, 5.41) is 4.49. The van der Waals surface area contributed by atoms with Crippen LogP contribution in [-0.2, 0) is 11.2 Å². The average molecular weight is 347 g/mol. The van der Waals surface area contributed by atoms with E-state index in [1.165, 1.54) is 19.3 Å². The van der Waals surface area contributed by atoms with Crippen LogP contribution in [0.2, 0.25) is 5.02 Å². The number of fused-ring (bicyclic) bond motifs is 2. The molecular formula is C18H19ClN2OS. The van der Waals surface area contributed by atoms with E-state index < -0.39 is 0 Å². The number of carbonyl (C=O) groups is 1. The Morgan fingerprint density at radius 1 is 1.35 bits per heavy atom. The summed E-state index contributed by atoms with van der Waals surface area (Å²) in [6.07, 6.45) is 7.49. The summed E-state index contributed by atoms with van der Waals surface area (Å²) in [5.74, 6) is 1.76. The van der Waals surface area contributed by atoms with E-state index in [1.807, 2.05) is 24.4 Å². The third-order valence-electron chi connectivity index (χ3n) is 5.13. The van der Waals surface area contributed by atoms with Gasteiger partial charge in [-0.3, -0.25) is 4.79 Å². The largest absolute Gasteiger partial charge is 0.302 e. The minimum atomic E-state index is 0.167. The van der Waals surface area contributed by atoms with Crippen molar-refractivity contribution in [2.24, 2.45) is 17.8 Å². The maximum absolute atomic E-state index is 12.5. The van der Waals surface area contributed by atoms with Crippen LogP contribution in [0.5, 0.6) is 0 Å². The second-order valence-corrected chi connectivity index (χ2v) is 8.26. The van der Waals surface area contributed by atoms with E-state index in [0.29, 0.717) is 5.92 Å². The van der Waals surface area contributed by atoms with Gasteiger partial charge in [-0.25, -0.2) is 4.98 Å². The molecule has 2 aromatic rings. The molecule has 5 heteroatoms. The number of carbonyl (C=O) groups excluding carboxylic acids is 1. The monoisotopic (exact) mass is 346 g/mol. The minimum absolute atomic E-state index is 0.167. The van der Waals surface area contributed by atoms with Gasteiger partial charge in [-0.1, -0.05) is 30.2 Å². The molecule has 0 spiro atoms. The van der Waals surface area contributed by atoms with Crippen molar-refractivity contribution in [2.45, 2.75) is 32.1 Å². The second kappa shape index (κ2) is 6.25. The van der Waals surface area contributed by atoms with Gasteiger partial charge in [-0.2, -0.15) is 0 Å². The highest BCUT2D eigenvalue weighted by molar-refractivity contribution is 7.15. The lowest BCUT2D eigenvalue weighted by atomic mass is 9.88. The number of anilines is 1. The van der Waals surface area contributed by atoms with E-state index in [9.17, 15) is 4.79 Å². The van der Waals surface area contributed by atoms with Crippen molar-refractivity contribution in [3.8, 4) is 0 Å². The fourth-order valence-electron chi connectivity index (χ4n) is 4.06. The summed E-state index contributed by atoms with van der Waals surface area (Å²) in [5.41, 5.74) is 1.16. The van der Waals surface area contributed by atoms with Crippen LogP contribution in [0, 0.1) is 17.8 Å². The fraction of sp³-hybridized carbons (Fsp3) is 0.444. The zero-order valence-electron chi connectivity index (χ0n) is 12.8. The number of thiazole rings is 1. The Morgan fingerprint density at radius 2 is 2.26 bits per heavy atom. The number of hydrogen-bond donors (Lipinski definition) is 1. The molecule has 0 aliphatic heterocycles. The van der Waals surface area contributed by atoms with Gasteiger partial charge < -0.3 is 5.32 Å². The van der Waals surface area contributed by atoms with Crippen molar-refractivity contribution in [3.63, 3.8) is 0 Å². The molecule has 0 radical (unpaired) electrons. The van der Waals surface area contributed by atoms with Crippen molar-refractivity contribution in [2.75, 3.05) is 5.32 Å². The summed E-state index contributed by atoms with van der Waals surface area (Å²) in [6, 6.07) is 7.85. The molecule has 0 unspecified atom stereocenters. The van der Waals surface area contributed by atoms with E-state index in [0.717, 1.165) is 39.4 Å². The molecule has 1 aromatic heterocycles. The van der Waals surface area contributed by atoms with Gasteiger partial charge in [0.1, 0.15) is 0 Å². The van der Waals surface area contributed by atoms with Gasteiger partial charge in [0.2, 0.25) is 5.91 Å². The Balaban J connectivity index is 1.39. The molecular weight excluding hydrogens is 328 g/mol. The van der Waals surface area contributed by atoms with E-state index in [1.54, 1.807) is 11.3 Å². The molecule has 1 aromatic carbocycles. The molecule has 0 saturated heterocycles. The topological polar surface area (TPSA) is 42.0 Å². The average Bonchev–Trinajstić information content (AvgIpc) is 3.24. The minimum Gasteiger partial charge on any atom is -0.302 e. The molecule has 1 N–H and O–H groups in total. The molecule has 2 saturated carbocycles. The van der Waals surface area contributed by atoms with Crippen molar-refractivity contribution in [1.82, 2.24) is 4.98 Å². The number of nitrogens with one attached hydrogen (secondary N) is 1. The maximum atomic E-state index is 12.5. The highest BCUT2D eigenvalue weighted by atomic mass is 35.5. The van der Waals surface area contributed by atoms with Crippen molar-refractivity contribution in [1.29, 1.82) is 0 Å². The van der Waals surface area contributed by atoms with Crippen LogP contribution in [0.25, 0.3) is 0 Å². The first-order valence-electron chi connectivity index (χ1n) is 8.17. The lowest BCUT2D eigenvalue weighted by Gasteiger charge is -2.19. The van der Waals surface area contributed by atoms with E-state index >= 15 is 0 Å². The second-order valence-electron chi connectivity index (χ2n) is 6.71. The van der Waals surface area contributed by atoms with Crippen LogP contribution < -0.4 is 5.32 Å². The lowest BCUT2D eigenvalue weighted by Crippen LogP contribution is -2.27. The van der Waals surface area contributed by atoms with E-state index in [-0.39, 0.29) is 11.8 Å². The van der Waals surface area contributed by atoms with Crippen molar-refractivity contribution >= 4 is 34.0 Å². The zero-order chi connectivity index (χ0) is 15.8. The third-order valence-corrected chi connectivity index (χ3v) is 6.27. The summed E-state index contributed by atoms with van der Waals surface area (Å²) in [7, 11) is 0. The number of benzene rings is 1. The number of nitrogens with zero attached hydrogens (tertiary/aromatic N) is 1. The molecule has 2 bridgehead atoms. The summed E-state index contributed by atoms with van der Waals surface area (Å²) < 4.78 is 0. The summed E-state index contributed by atoms with van der Waals surface area (Å²) >= 11 is 7.57. The van der Waals surface area contributed by atoms with Crippen LogP contribution in [0.1, 0.15) is 36.1 Å². The molecule has 1 heterocycles. The molecule has 3 nitrogen and oxygen atoms in total. The summed E-state index contributed by atoms with van der Waals surface area (Å²) in [6.45, 7) is 0. The Morgan fingerprint density at radius 3 is 3.00 bits per heavy atom. The predicted molar refractivity (Wildman–Crippen MR) is 93.9 cm³/mol. The number of rotatable bonds is 4. The standard InChI is InChI=1S/C18H19ClN2OS/c19-14-3-1-2-11(7-14)8-15-10-20-18(23-15)21-17(22)16-9-12-4-5-13(16)6-12/h1-3,7,10,12-13,16H,4-6,8-9H2,(H,20,21,22)/t12-,13-,16-/m0/s1. The van der Waals surface area contributed by atoms with Gasteiger partial charge >= 0.3 is 0 Å². The van der Waals surface area contributed by atoms with Gasteiger partial charge in [0.15, 0.2) is 5.13 Å². The Hall–Kier alpha value is -1.39. The molecule has 2 aliphatic rings. The van der Waals surface area contributed by atoms with Gasteiger partial charge in [0, 0.05) is 28.4 Å². The van der Waals surface area contributed by atoms with Crippen molar-refractivity contribution in [3.05, 3.63) is 45.9 Å². The van der Waals surface area contributed by atoms with Crippen molar-refractivity contribution < 1.29 is 4.79 Å². The van der Waals surface area contributed by atoms with Crippen LogP contribution in [-0.4, -0.2) is 10.9 Å². The summed E-state index contributed by atoms with van der Waals surface area (Å²) in [4.78, 5) is 18.0. The van der Waals surface area contributed by atoms with Crippen LogP contribution in [0.15, 0.2) is 30.5 Å². The molecule has 3 atom stereocenters. The number of amides is 1. The number of hydrogen-bond acceptors (Lipinski definition) is 3. The van der Waals surface area contributed by atoms with E-state index in [2.05, 4.69) is 16.4 Å². The van der Waals surface area contributed by atoms with Gasteiger partial charge in [-0.05, 0) is 48.8 Å². The Labute approximate surface area is 145 Å².